The number of aliphatic hydroxyl groups excluding tert-OH is 5. The van der Waals surface area contributed by atoms with Gasteiger partial charge in [0.05, 0.1) is 25.4 Å². The quantitative estimate of drug-likeness (QED) is 0.0281. The summed E-state index contributed by atoms with van der Waals surface area (Å²) in [5, 5.41) is 53.5. The first-order valence-corrected chi connectivity index (χ1v) is 21.6. The maximum atomic E-state index is 12.8. The fourth-order valence-electron chi connectivity index (χ4n) is 6.34. The lowest BCUT2D eigenvalue weighted by atomic mass is 9.99. The molecule has 0 aliphatic carbocycles. The maximum Gasteiger partial charge on any atom is 0.220 e. The van der Waals surface area contributed by atoms with Crippen molar-refractivity contribution in [2.45, 2.75) is 198 Å². The first kappa shape index (κ1) is 50.6. The van der Waals surface area contributed by atoms with Crippen molar-refractivity contribution in [2.75, 3.05) is 13.2 Å². The number of carbonyl (C=O) groups is 1. The van der Waals surface area contributed by atoms with Gasteiger partial charge in [-0.1, -0.05) is 157 Å². The molecule has 7 unspecified atom stereocenters. The molecular formula is C46H79NO8. The molecule has 9 heteroatoms. The number of hydrogen-bond donors (Lipinski definition) is 6. The van der Waals surface area contributed by atoms with Gasteiger partial charge in [-0.15, -0.1) is 0 Å². The number of aliphatic hydroxyl groups is 5. The zero-order valence-corrected chi connectivity index (χ0v) is 34.4. The van der Waals surface area contributed by atoms with E-state index in [1.54, 1.807) is 0 Å². The van der Waals surface area contributed by atoms with Crippen molar-refractivity contribution in [3.8, 4) is 0 Å². The molecule has 9 nitrogen and oxygen atoms in total. The van der Waals surface area contributed by atoms with Crippen molar-refractivity contribution in [1.82, 2.24) is 5.32 Å². The van der Waals surface area contributed by atoms with Gasteiger partial charge in [-0.3, -0.25) is 4.79 Å². The van der Waals surface area contributed by atoms with Gasteiger partial charge in [-0.2, -0.15) is 0 Å². The molecule has 6 N–H and O–H groups in total. The molecule has 0 bridgehead atoms. The highest BCUT2D eigenvalue weighted by Gasteiger charge is 2.44. The smallest absolute Gasteiger partial charge is 0.220 e. The molecule has 1 heterocycles. The Hall–Kier alpha value is -2.37. The second-order valence-corrected chi connectivity index (χ2v) is 14.8. The van der Waals surface area contributed by atoms with Gasteiger partial charge in [0.25, 0.3) is 0 Å². The monoisotopic (exact) mass is 774 g/mol. The molecular weight excluding hydrogens is 695 g/mol. The van der Waals surface area contributed by atoms with Crippen molar-refractivity contribution in [1.29, 1.82) is 0 Å². The number of ether oxygens (including phenoxy) is 2. The molecule has 1 saturated heterocycles. The predicted molar refractivity (Wildman–Crippen MR) is 225 cm³/mol. The lowest BCUT2D eigenvalue weighted by Gasteiger charge is -2.40. The normalized spacial score (nSPS) is 22.1. The van der Waals surface area contributed by atoms with E-state index in [0.29, 0.717) is 12.8 Å². The van der Waals surface area contributed by atoms with Gasteiger partial charge in [0.2, 0.25) is 5.91 Å². The van der Waals surface area contributed by atoms with Crippen molar-refractivity contribution >= 4 is 5.91 Å². The number of amides is 1. The predicted octanol–water partition coefficient (Wildman–Crippen LogP) is 8.61. The zero-order valence-electron chi connectivity index (χ0n) is 34.4. The Morgan fingerprint density at radius 2 is 1.13 bits per heavy atom. The van der Waals surface area contributed by atoms with Gasteiger partial charge < -0.3 is 40.3 Å². The van der Waals surface area contributed by atoms with Crippen LogP contribution < -0.4 is 5.32 Å². The van der Waals surface area contributed by atoms with E-state index in [2.05, 4.69) is 92.1 Å². The Labute approximate surface area is 334 Å². The molecule has 0 spiro atoms. The fraction of sp³-hybridized carbons (Fsp3) is 0.717. The van der Waals surface area contributed by atoms with Crippen LogP contribution in [0.2, 0.25) is 0 Å². The maximum absolute atomic E-state index is 12.8. The minimum absolute atomic E-state index is 0.149. The molecule has 316 valence electrons. The third kappa shape index (κ3) is 27.0. The van der Waals surface area contributed by atoms with Crippen LogP contribution >= 0.6 is 0 Å². The largest absolute Gasteiger partial charge is 0.394 e. The SMILES string of the molecule is CC/C=C\C/C=C\C/C=C\C/C=C\C/C=C\C/C=C\CCCCCCCCCCCCC(=O)NC(COC1OC(CO)C(O)C(O)C1O)C(O)CCCCC. The van der Waals surface area contributed by atoms with E-state index in [1.165, 1.54) is 44.9 Å². The summed E-state index contributed by atoms with van der Waals surface area (Å²) in [5.74, 6) is -0.166. The van der Waals surface area contributed by atoms with Crippen molar-refractivity contribution in [3.63, 3.8) is 0 Å². The minimum atomic E-state index is -1.55. The molecule has 7 atom stereocenters. The van der Waals surface area contributed by atoms with Crippen molar-refractivity contribution in [3.05, 3.63) is 72.9 Å². The van der Waals surface area contributed by atoms with Gasteiger partial charge in [-0.05, 0) is 64.2 Å². The van der Waals surface area contributed by atoms with E-state index < -0.39 is 49.5 Å². The van der Waals surface area contributed by atoms with E-state index in [4.69, 9.17) is 9.47 Å². The number of hydrogen-bond acceptors (Lipinski definition) is 8. The van der Waals surface area contributed by atoms with Gasteiger partial charge in [0.1, 0.15) is 24.4 Å². The summed E-state index contributed by atoms with van der Waals surface area (Å²) < 4.78 is 11.1. The van der Waals surface area contributed by atoms with Gasteiger partial charge in [-0.25, -0.2) is 0 Å². The third-order valence-electron chi connectivity index (χ3n) is 9.82. The number of unbranched alkanes of at least 4 members (excludes halogenated alkanes) is 12. The topological polar surface area (TPSA) is 149 Å². The summed E-state index contributed by atoms with van der Waals surface area (Å²) in [5.41, 5.74) is 0. The van der Waals surface area contributed by atoms with Gasteiger partial charge in [0.15, 0.2) is 6.29 Å². The van der Waals surface area contributed by atoms with Gasteiger partial charge >= 0.3 is 0 Å². The Balaban J connectivity index is 2.09. The van der Waals surface area contributed by atoms with Crippen LogP contribution in [0.4, 0.5) is 0 Å². The molecule has 1 aliphatic rings. The summed E-state index contributed by atoms with van der Waals surface area (Å²) >= 11 is 0. The Morgan fingerprint density at radius 1 is 0.636 bits per heavy atom. The molecule has 55 heavy (non-hydrogen) atoms. The van der Waals surface area contributed by atoms with E-state index in [1.807, 2.05) is 0 Å². The molecule has 0 aromatic heterocycles. The van der Waals surface area contributed by atoms with Crippen LogP contribution in [0, 0.1) is 0 Å². The standard InChI is InChI=1S/C46H79NO8/c1-3-5-7-8-9-10-11-12-13-14-15-16-17-18-19-20-21-22-23-24-25-26-27-28-29-30-31-32-34-36-42(50)47-39(40(49)35-33-6-4-2)38-54-46-45(53)44(52)43(51)41(37-48)55-46/h5,7,9-10,12-13,15-16,18-19,21-22,39-41,43-46,48-49,51-53H,3-4,6,8,11,14,17,20,23-38H2,1-2H3,(H,47,50)/b7-5-,10-9-,13-12-,16-15-,19-18-,22-21-. The van der Waals surface area contributed by atoms with Crippen LogP contribution in [0.5, 0.6) is 0 Å². The molecule has 1 aliphatic heterocycles. The summed E-state index contributed by atoms with van der Waals surface area (Å²) in [6.45, 7) is 3.52. The van der Waals surface area contributed by atoms with Crippen LogP contribution in [-0.2, 0) is 14.3 Å². The number of nitrogens with one attached hydrogen (secondary N) is 1. The summed E-state index contributed by atoms with van der Waals surface area (Å²) in [6, 6.07) is -0.720. The molecule has 0 saturated carbocycles. The average Bonchev–Trinajstić information content (AvgIpc) is 3.18. The number of rotatable bonds is 34. The van der Waals surface area contributed by atoms with E-state index >= 15 is 0 Å². The Morgan fingerprint density at radius 3 is 1.64 bits per heavy atom. The molecule has 0 radical (unpaired) electrons. The first-order valence-electron chi connectivity index (χ1n) is 21.6. The van der Waals surface area contributed by atoms with Crippen LogP contribution in [0.25, 0.3) is 0 Å². The van der Waals surface area contributed by atoms with Crippen LogP contribution in [0.3, 0.4) is 0 Å². The Bertz CT molecular complexity index is 1080. The lowest BCUT2D eigenvalue weighted by Crippen LogP contribution is -2.60. The Kier molecular flexibility index (Phi) is 33.2. The number of allylic oxidation sites excluding steroid dienone is 12. The van der Waals surface area contributed by atoms with E-state index in [0.717, 1.165) is 83.5 Å². The van der Waals surface area contributed by atoms with Crippen molar-refractivity contribution < 1.29 is 39.8 Å². The second-order valence-electron chi connectivity index (χ2n) is 14.8. The highest BCUT2D eigenvalue weighted by molar-refractivity contribution is 5.76. The summed E-state index contributed by atoms with van der Waals surface area (Å²) in [7, 11) is 0. The zero-order chi connectivity index (χ0) is 40.2. The van der Waals surface area contributed by atoms with E-state index in [9.17, 15) is 30.3 Å². The first-order chi connectivity index (χ1) is 26.8. The highest BCUT2D eigenvalue weighted by Crippen LogP contribution is 2.23. The van der Waals surface area contributed by atoms with Gasteiger partial charge in [0, 0.05) is 6.42 Å². The van der Waals surface area contributed by atoms with Crippen LogP contribution in [0.1, 0.15) is 155 Å². The second kappa shape index (κ2) is 36.0. The number of carbonyl (C=O) groups excluding carboxylic acids is 1. The molecule has 1 amide bonds. The highest BCUT2D eigenvalue weighted by atomic mass is 16.7. The third-order valence-corrected chi connectivity index (χ3v) is 9.82. The van der Waals surface area contributed by atoms with Crippen LogP contribution in [-0.4, -0.2) is 87.5 Å². The lowest BCUT2D eigenvalue weighted by molar-refractivity contribution is -0.302. The summed E-state index contributed by atoms with van der Waals surface area (Å²) in [4.78, 5) is 12.8. The average molecular weight is 774 g/mol. The van der Waals surface area contributed by atoms with E-state index in [-0.39, 0.29) is 12.5 Å². The molecule has 1 fully saturated rings. The molecule has 0 aromatic carbocycles. The molecule has 1 rings (SSSR count). The minimum Gasteiger partial charge on any atom is -0.394 e. The van der Waals surface area contributed by atoms with Crippen LogP contribution in [0.15, 0.2) is 72.9 Å². The summed E-state index contributed by atoms with van der Waals surface area (Å²) in [6.07, 6.45) is 41.5. The fourth-order valence-corrected chi connectivity index (χ4v) is 6.34. The van der Waals surface area contributed by atoms with Crippen molar-refractivity contribution in [2.24, 2.45) is 0 Å². The molecule has 0 aromatic rings.